The Morgan fingerprint density at radius 1 is 1.40 bits per heavy atom. The van der Waals surface area contributed by atoms with E-state index in [1.165, 1.54) is 0 Å². The van der Waals surface area contributed by atoms with Crippen LogP contribution in [0.1, 0.15) is 34.3 Å². The van der Waals surface area contributed by atoms with E-state index in [2.05, 4.69) is 10.3 Å². The van der Waals surface area contributed by atoms with Gasteiger partial charge in [0, 0.05) is 23.5 Å². The number of nitrogens with two attached hydrogens (primary N) is 1. The van der Waals surface area contributed by atoms with E-state index in [1.807, 2.05) is 37.3 Å². The van der Waals surface area contributed by atoms with Crippen LogP contribution in [0.3, 0.4) is 0 Å². The summed E-state index contributed by atoms with van der Waals surface area (Å²) in [4.78, 5) is 17.0. The van der Waals surface area contributed by atoms with E-state index in [0.29, 0.717) is 19.4 Å². The van der Waals surface area contributed by atoms with E-state index in [0.717, 1.165) is 15.4 Å². The Kier molecular flexibility index (Phi) is 5.26. The number of aryl methyl sites for hydroxylation is 1. The maximum Gasteiger partial charge on any atom is 0.220 e. The molecule has 0 spiro atoms. The van der Waals surface area contributed by atoms with Crippen molar-refractivity contribution in [3.8, 4) is 0 Å². The molecule has 1 aromatic heterocycles. The molecule has 1 unspecified atom stereocenters. The molecule has 0 fully saturated rings. The summed E-state index contributed by atoms with van der Waals surface area (Å²) < 4.78 is 0. The number of hydrogen-bond acceptors (Lipinski definition) is 4. The molecule has 0 aliphatic heterocycles. The number of carbonyl (C=O) groups excluding carboxylic acids is 1. The van der Waals surface area contributed by atoms with Crippen LogP contribution in [0.5, 0.6) is 0 Å². The van der Waals surface area contributed by atoms with Gasteiger partial charge >= 0.3 is 0 Å². The molecule has 0 aliphatic rings. The summed E-state index contributed by atoms with van der Waals surface area (Å²) in [6.07, 6.45) is 2.89. The van der Waals surface area contributed by atoms with Gasteiger partial charge in [-0.15, -0.1) is 11.3 Å². The van der Waals surface area contributed by atoms with E-state index in [1.54, 1.807) is 17.5 Å². The summed E-state index contributed by atoms with van der Waals surface area (Å²) >= 11 is 1.60. The average Bonchev–Trinajstić information content (AvgIpc) is 2.89. The van der Waals surface area contributed by atoms with Gasteiger partial charge in [0.15, 0.2) is 0 Å². The standard InChI is InChI=1S/C15H19N3OS/c1-11-17-9-13(20-11)10-18-15(19)8-7-14(16)12-5-3-2-4-6-12/h2-6,9,14H,7-8,10,16H2,1H3,(H,18,19). The lowest BCUT2D eigenvalue weighted by Crippen LogP contribution is -2.23. The zero-order valence-corrected chi connectivity index (χ0v) is 12.3. The molecule has 1 heterocycles. The maximum atomic E-state index is 11.8. The van der Waals surface area contributed by atoms with E-state index in [9.17, 15) is 4.79 Å². The van der Waals surface area contributed by atoms with Gasteiger partial charge in [0.2, 0.25) is 5.91 Å². The lowest BCUT2D eigenvalue weighted by Gasteiger charge is -2.11. The van der Waals surface area contributed by atoms with Gasteiger partial charge in [-0.2, -0.15) is 0 Å². The second-order valence-electron chi connectivity index (χ2n) is 4.68. The molecule has 2 aromatic rings. The van der Waals surface area contributed by atoms with Crippen LogP contribution in [0.2, 0.25) is 0 Å². The normalized spacial score (nSPS) is 12.1. The SMILES string of the molecule is Cc1ncc(CNC(=O)CCC(N)c2ccccc2)s1. The van der Waals surface area contributed by atoms with E-state index >= 15 is 0 Å². The van der Waals surface area contributed by atoms with Crippen LogP contribution < -0.4 is 11.1 Å². The van der Waals surface area contributed by atoms with Crippen molar-refractivity contribution in [2.75, 3.05) is 0 Å². The number of nitrogens with zero attached hydrogens (tertiary/aromatic N) is 1. The van der Waals surface area contributed by atoms with Crippen LogP contribution in [0, 0.1) is 6.92 Å². The molecule has 20 heavy (non-hydrogen) atoms. The largest absolute Gasteiger partial charge is 0.351 e. The number of hydrogen-bond donors (Lipinski definition) is 2. The summed E-state index contributed by atoms with van der Waals surface area (Å²) in [6.45, 7) is 2.50. The molecule has 106 valence electrons. The van der Waals surface area contributed by atoms with Crippen molar-refractivity contribution in [3.63, 3.8) is 0 Å². The van der Waals surface area contributed by atoms with Crippen molar-refractivity contribution in [1.29, 1.82) is 0 Å². The molecular formula is C15H19N3OS. The van der Waals surface area contributed by atoms with Gasteiger partial charge < -0.3 is 11.1 Å². The summed E-state index contributed by atoms with van der Waals surface area (Å²) in [5, 5.41) is 3.91. The first-order chi connectivity index (χ1) is 9.65. The van der Waals surface area contributed by atoms with Crippen molar-refractivity contribution in [2.24, 2.45) is 5.73 Å². The number of nitrogens with one attached hydrogen (secondary N) is 1. The van der Waals surface area contributed by atoms with Crippen molar-refractivity contribution >= 4 is 17.2 Å². The minimum absolute atomic E-state index is 0.0300. The van der Waals surface area contributed by atoms with Crippen LogP contribution in [0.25, 0.3) is 0 Å². The number of amides is 1. The van der Waals surface area contributed by atoms with Gasteiger partial charge in [-0.05, 0) is 18.9 Å². The second kappa shape index (κ2) is 7.17. The third-order valence-corrected chi connectivity index (χ3v) is 3.95. The molecule has 1 aromatic carbocycles. The Morgan fingerprint density at radius 2 is 2.15 bits per heavy atom. The van der Waals surface area contributed by atoms with Gasteiger partial charge in [0.05, 0.1) is 11.6 Å². The van der Waals surface area contributed by atoms with Crippen LogP contribution in [0.15, 0.2) is 36.5 Å². The Bertz CT molecular complexity index is 553. The molecule has 0 saturated carbocycles. The van der Waals surface area contributed by atoms with E-state index in [4.69, 9.17) is 5.73 Å². The van der Waals surface area contributed by atoms with Gasteiger partial charge in [-0.1, -0.05) is 30.3 Å². The van der Waals surface area contributed by atoms with Crippen molar-refractivity contribution in [3.05, 3.63) is 52.0 Å². The van der Waals surface area contributed by atoms with Crippen molar-refractivity contribution < 1.29 is 4.79 Å². The third kappa shape index (κ3) is 4.43. The zero-order chi connectivity index (χ0) is 14.4. The lowest BCUT2D eigenvalue weighted by atomic mass is 10.0. The van der Waals surface area contributed by atoms with Gasteiger partial charge in [-0.3, -0.25) is 4.79 Å². The first-order valence-corrected chi connectivity index (χ1v) is 7.45. The minimum Gasteiger partial charge on any atom is -0.351 e. The maximum absolute atomic E-state index is 11.8. The fourth-order valence-corrected chi connectivity index (χ4v) is 2.65. The monoisotopic (exact) mass is 289 g/mol. The molecule has 4 nitrogen and oxygen atoms in total. The van der Waals surface area contributed by atoms with Crippen LogP contribution >= 0.6 is 11.3 Å². The first kappa shape index (κ1) is 14.7. The molecular weight excluding hydrogens is 270 g/mol. The fourth-order valence-electron chi connectivity index (χ4n) is 1.91. The first-order valence-electron chi connectivity index (χ1n) is 6.63. The predicted octanol–water partition coefficient (Wildman–Crippen LogP) is 2.55. The highest BCUT2D eigenvalue weighted by Crippen LogP contribution is 2.15. The number of carbonyl (C=O) groups is 1. The fraction of sp³-hybridized carbons (Fsp3) is 0.333. The quantitative estimate of drug-likeness (QED) is 0.858. The van der Waals surface area contributed by atoms with Crippen LogP contribution in [-0.2, 0) is 11.3 Å². The molecule has 2 rings (SSSR count). The smallest absolute Gasteiger partial charge is 0.220 e. The molecule has 3 N–H and O–H groups in total. The van der Waals surface area contributed by atoms with Crippen LogP contribution in [0.4, 0.5) is 0 Å². The highest BCUT2D eigenvalue weighted by molar-refractivity contribution is 7.11. The van der Waals surface area contributed by atoms with Crippen molar-refractivity contribution in [2.45, 2.75) is 32.4 Å². The predicted molar refractivity (Wildman–Crippen MR) is 81.3 cm³/mol. The summed E-state index contributed by atoms with van der Waals surface area (Å²) in [7, 11) is 0. The molecule has 0 aliphatic carbocycles. The van der Waals surface area contributed by atoms with Gasteiger partial charge in [-0.25, -0.2) is 4.98 Å². The zero-order valence-electron chi connectivity index (χ0n) is 11.5. The Morgan fingerprint density at radius 3 is 2.80 bits per heavy atom. The summed E-state index contributed by atoms with van der Waals surface area (Å²) in [5.41, 5.74) is 7.13. The molecule has 1 atom stereocenters. The van der Waals surface area contributed by atoms with E-state index < -0.39 is 0 Å². The second-order valence-corrected chi connectivity index (χ2v) is 6.00. The summed E-state index contributed by atoms with van der Waals surface area (Å²) in [5.74, 6) is 0.0300. The van der Waals surface area contributed by atoms with Gasteiger partial charge in [0.1, 0.15) is 0 Å². The van der Waals surface area contributed by atoms with E-state index in [-0.39, 0.29) is 11.9 Å². The lowest BCUT2D eigenvalue weighted by molar-refractivity contribution is -0.121. The summed E-state index contributed by atoms with van der Waals surface area (Å²) in [6, 6.07) is 9.77. The molecule has 1 amide bonds. The Balaban J connectivity index is 1.72. The number of rotatable bonds is 6. The van der Waals surface area contributed by atoms with Crippen LogP contribution in [-0.4, -0.2) is 10.9 Å². The van der Waals surface area contributed by atoms with Crippen molar-refractivity contribution in [1.82, 2.24) is 10.3 Å². The number of thiazole rings is 1. The third-order valence-electron chi connectivity index (χ3n) is 3.04. The Hall–Kier alpha value is -1.72. The van der Waals surface area contributed by atoms with Gasteiger partial charge in [0.25, 0.3) is 0 Å². The average molecular weight is 289 g/mol. The Labute approximate surface area is 123 Å². The minimum atomic E-state index is -0.0902. The highest BCUT2D eigenvalue weighted by Gasteiger charge is 2.09. The number of benzene rings is 1. The topological polar surface area (TPSA) is 68.0 Å². The molecule has 0 radical (unpaired) electrons. The molecule has 0 saturated heterocycles. The number of aromatic nitrogens is 1. The molecule has 5 heteroatoms. The highest BCUT2D eigenvalue weighted by atomic mass is 32.1. The molecule has 0 bridgehead atoms.